The largest absolute Gasteiger partial charge is 0.289 e. The monoisotopic (exact) mass is 185 g/mol. The van der Waals surface area contributed by atoms with Crippen LogP contribution in [0.3, 0.4) is 0 Å². The maximum Gasteiger partial charge on any atom is 0.197 e. The second-order valence-corrected chi connectivity index (χ2v) is 4.60. The highest BCUT2D eigenvalue weighted by atomic mass is 32.2. The van der Waals surface area contributed by atoms with Gasteiger partial charge in [0.1, 0.15) is 4.90 Å². The molecule has 3 nitrogen and oxygen atoms in total. The normalized spacial score (nSPS) is 11.4. The molecule has 0 aliphatic rings. The first-order chi connectivity index (χ1) is 5.58. The minimum Gasteiger partial charge on any atom is -0.289 e. The molecule has 1 aromatic rings. The van der Waals surface area contributed by atoms with Crippen LogP contribution in [0.5, 0.6) is 5.75 Å². The van der Waals surface area contributed by atoms with Crippen LogP contribution in [0, 0.1) is 0 Å². The summed E-state index contributed by atoms with van der Waals surface area (Å²) in [5.41, 5.74) is 0. The minimum absolute atomic E-state index is 0.0355. The molecule has 0 amide bonds. The van der Waals surface area contributed by atoms with E-state index in [0.29, 0.717) is 0 Å². The van der Waals surface area contributed by atoms with Crippen LogP contribution in [-0.2, 0) is 14.9 Å². The Bertz CT molecular complexity index is 368. The average Bonchev–Trinajstić information content (AvgIpc) is 2.05. The summed E-state index contributed by atoms with van der Waals surface area (Å²) in [5.74, 6) is -0.467. The summed E-state index contributed by atoms with van der Waals surface area (Å²) in [6, 6.07) is 5.66. The molecule has 1 rings (SSSR count). The molecule has 0 aliphatic heterocycles. The summed E-state index contributed by atoms with van der Waals surface area (Å²) in [6.45, 7) is 1.52. The van der Waals surface area contributed by atoms with Gasteiger partial charge in [-0.2, -0.15) is 0 Å². The molecule has 1 aromatic carbocycles. The van der Waals surface area contributed by atoms with Crippen molar-refractivity contribution in [2.24, 2.45) is 0 Å². The number of sulfone groups is 1. The van der Waals surface area contributed by atoms with E-state index < -0.39 is 15.6 Å². The zero-order chi connectivity index (χ0) is 9.19. The Kier molecular flexibility index (Phi) is 2.38. The van der Waals surface area contributed by atoms with Crippen molar-refractivity contribution >= 4 is 9.84 Å². The molecule has 0 aromatic heterocycles. The Labute approximate surface area is 71.6 Å². The molecule has 0 fully saturated rings. The van der Waals surface area contributed by atoms with Crippen molar-refractivity contribution in [3.8, 4) is 5.75 Å². The van der Waals surface area contributed by atoms with Gasteiger partial charge in [0.05, 0.1) is 5.75 Å². The van der Waals surface area contributed by atoms with E-state index in [9.17, 15) is 13.5 Å². The second-order valence-electron chi connectivity index (χ2n) is 2.35. The lowest BCUT2D eigenvalue weighted by Gasteiger charge is -2.00. The van der Waals surface area contributed by atoms with E-state index in [0.717, 1.165) is 0 Å². The quantitative estimate of drug-likeness (QED) is 0.703. The summed E-state index contributed by atoms with van der Waals surface area (Å²) in [5, 5.41) is 11.0. The van der Waals surface area contributed by atoms with Crippen LogP contribution in [0.1, 0.15) is 6.92 Å². The molecule has 0 atom stereocenters. The molecule has 4 heteroatoms. The summed E-state index contributed by atoms with van der Waals surface area (Å²) >= 11 is 0. The number of para-hydroxylation sites is 1. The molecule has 0 unspecified atom stereocenters. The number of hydrogen-bond donors (Lipinski definition) is 0. The van der Waals surface area contributed by atoms with E-state index in [-0.39, 0.29) is 10.6 Å². The van der Waals surface area contributed by atoms with Crippen molar-refractivity contribution in [1.29, 1.82) is 0 Å². The number of benzene rings is 1. The molecule has 12 heavy (non-hydrogen) atoms. The third-order valence-electron chi connectivity index (χ3n) is 1.56. The van der Waals surface area contributed by atoms with Gasteiger partial charge in [-0.25, -0.2) is 8.42 Å². The molecular formula is C8H9O3S. The van der Waals surface area contributed by atoms with Crippen molar-refractivity contribution in [2.45, 2.75) is 11.8 Å². The lowest BCUT2D eigenvalue weighted by atomic mass is 10.3. The topological polar surface area (TPSA) is 54.0 Å². The van der Waals surface area contributed by atoms with Gasteiger partial charge in [0.15, 0.2) is 15.6 Å². The highest BCUT2D eigenvalue weighted by molar-refractivity contribution is 7.91. The first-order valence-electron chi connectivity index (χ1n) is 3.56. The van der Waals surface area contributed by atoms with Gasteiger partial charge in [-0.05, 0) is 12.1 Å². The average molecular weight is 185 g/mol. The predicted molar refractivity (Wildman–Crippen MR) is 44.3 cm³/mol. The van der Waals surface area contributed by atoms with Crippen molar-refractivity contribution < 1.29 is 13.5 Å². The van der Waals surface area contributed by atoms with Gasteiger partial charge < -0.3 is 0 Å². The molecule has 0 aliphatic carbocycles. The highest BCUT2D eigenvalue weighted by Gasteiger charge is 2.16. The fourth-order valence-corrected chi connectivity index (χ4v) is 1.83. The maximum absolute atomic E-state index is 11.2. The van der Waals surface area contributed by atoms with Gasteiger partial charge in [-0.3, -0.25) is 5.11 Å². The van der Waals surface area contributed by atoms with Crippen LogP contribution in [0.2, 0.25) is 0 Å². The van der Waals surface area contributed by atoms with Crippen molar-refractivity contribution in [1.82, 2.24) is 0 Å². The smallest absolute Gasteiger partial charge is 0.197 e. The van der Waals surface area contributed by atoms with Gasteiger partial charge in [-0.1, -0.05) is 19.1 Å². The van der Waals surface area contributed by atoms with Gasteiger partial charge in [-0.15, -0.1) is 0 Å². The van der Waals surface area contributed by atoms with Crippen LogP contribution in [0.25, 0.3) is 0 Å². The van der Waals surface area contributed by atoms with Crippen molar-refractivity contribution in [2.75, 3.05) is 5.75 Å². The molecule has 0 saturated heterocycles. The molecule has 0 N–H and O–H groups in total. The summed E-state index contributed by atoms with van der Waals surface area (Å²) in [7, 11) is -3.34. The SMILES string of the molecule is CCS(=O)(=O)c1ccccc1[O]. The summed E-state index contributed by atoms with van der Waals surface area (Å²) < 4.78 is 22.4. The highest BCUT2D eigenvalue weighted by Crippen LogP contribution is 2.22. The lowest BCUT2D eigenvalue weighted by Crippen LogP contribution is -2.03. The van der Waals surface area contributed by atoms with Gasteiger partial charge in [0.2, 0.25) is 0 Å². The van der Waals surface area contributed by atoms with Crippen LogP contribution in [0.15, 0.2) is 29.2 Å². The Morgan fingerprint density at radius 3 is 2.33 bits per heavy atom. The van der Waals surface area contributed by atoms with Gasteiger partial charge in [0.25, 0.3) is 0 Å². The van der Waals surface area contributed by atoms with Crippen molar-refractivity contribution in [3.63, 3.8) is 0 Å². The zero-order valence-corrected chi connectivity index (χ0v) is 7.47. The van der Waals surface area contributed by atoms with Gasteiger partial charge >= 0.3 is 0 Å². The molecule has 65 valence electrons. The molecule has 0 spiro atoms. The Morgan fingerprint density at radius 2 is 1.83 bits per heavy atom. The fourth-order valence-electron chi connectivity index (χ4n) is 0.863. The van der Waals surface area contributed by atoms with Crippen LogP contribution in [-0.4, -0.2) is 14.2 Å². The minimum atomic E-state index is -3.34. The van der Waals surface area contributed by atoms with Crippen LogP contribution in [0.4, 0.5) is 0 Å². The van der Waals surface area contributed by atoms with E-state index in [2.05, 4.69) is 0 Å². The molecule has 0 bridgehead atoms. The third-order valence-corrected chi connectivity index (χ3v) is 3.33. The standard InChI is InChI=1S/C8H9O3S/c1-2-12(10,11)8-6-4-3-5-7(8)9/h3-6H,2H2,1H3. The number of rotatable bonds is 2. The lowest BCUT2D eigenvalue weighted by molar-refractivity contribution is 0.343. The predicted octanol–water partition coefficient (Wildman–Crippen LogP) is 1.62. The molecular weight excluding hydrogens is 176 g/mol. The van der Waals surface area contributed by atoms with E-state index >= 15 is 0 Å². The maximum atomic E-state index is 11.2. The van der Waals surface area contributed by atoms with Crippen LogP contribution < -0.4 is 0 Å². The van der Waals surface area contributed by atoms with E-state index in [4.69, 9.17) is 0 Å². The summed E-state index contributed by atoms with van der Waals surface area (Å²) in [6.07, 6.45) is 0. The third kappa shape index (κ3) is 1.58. The van der Waals surface area contributed by atoms with E-state index in [1.165, 1.54) is 25.1 Å². The fraction of sp³-hybridized carbons (Fsp3) is 0.250. The van der Waals surface area contributed by atoms with Gasteiger partial charge in [0, 0.05) is 0 Å². The first kappa shape index (κ1) is 9.06. The van der Waals surface area contributed by atoms with Crippen molar-refractivity contribution in [3.05, 3.63) is 24.3 Å². The Morgan fingerprint density at radius 1 is 1.25 bits per heavy atom. The zero-order valence-electron chi connectivity index (χ0n) is 6.65. The summed E-state index contributed by atoms with van der Waals surface area (Å²) in [4.78, 5) is -0.104. The second kappa shape index (κ2) is 3.15. The Hall–Kier alpha value is -1.03. The van der Waals surface area contributed by atoms with Crippen LogP contribution >= 0.6 is 0 Å². The number of hydrogen-bond acceptors (Lipinski definition) is 2. The molecule has 1 radical (unpaired) electrons. The first-order valence-corrected chi connectivity index (χ1v) is 5.22. The van der Waals surface area contributed by atoms with E-state index in [1.54, 1.807) is 6.07 Å². The molecule has 0 heterocycles. The Balaban J connectivity index is 3.30. The van der Waals surface area contributed by atoms with E-state index in [1.807, 2.05) is 0 Å². The molecule has 0 saturated carbocycles.